The maximum absolute atomic E-state index is 11.0. The first-order valence-electron chi connectivity index (χ1n) is 4.55. The van der Waals surface area contributed by atoms with Gasteiger partial charge in [-0.3, -0.25) is 4.79 Å². The first kappa shape index (κ1) is 11.2. The van der Waals surface area contributed by atoms with E-state index in [1.54, 1.807) is 0 Å². The maximum Gasteiger partial charge on any atom is 0.308 e. The summed E-state index contributed by atoms with van der Waals surface area (Å²) in [5, 5.41) is 10.9. The molecule has 0 fully saturated rings. The quantitative estimate of drug-likeness (QED) is 0.805. The van der Waals surface area contributed by atoms with Gasteiger partial charge in [0.25, 0.3) is 0 Å². The number of aliphatic carboxylic acids is 1. The van der Waals surface area contributed by atoms with E-state index >= 15 is 0 Å². The highest BCUT2D eigenvalue weighted by molar-refractivity contribution is 7.10. The number of rotatable bonds is 4. The van der Waals surface area contributed by atoms with Crippen LogP contribution in [0.4, 0.5) is 0 Å². The molecule has 0 aliphatic heterocycles. The van der Waals surface area contributed by atoms with E-state index in [0.29, 0.717) is 0 Å². The molecule has 2 atom stereocenters. The summed E-state index contributed by atoms with van der Waals surface area (Å²) in [5.74, 6) is -1.28. The van der Waals surface area contributed by atoms with Crippen molar-refractivity contribution in [3.63, 3.8) is 0 Å². The summed E-state index contributed by atoms with van der Waals surface area (Å²) in [6.45, 7) is 3.76. The molecular weight excluding hydrogens is 198 g/mol. The van der Waals surface area contributed by atoms with Crippen molar-refractivity contribution in [2.24, 2.45) is 17.6 Å². The number of carboxylic acids is 1. The van der Waals surface area contributed by atoms with Gasteiger partial charge in [-0.25, -0.2) is 0 Å². The molecule has 0 saturated heterocycles. The number of hydrogen-bond donors (Lipinski definition) is 2. The smallest absolute Gasteiger partial charge is 0.308 e. The summed E-state index contributed by atoms with van der Waals surface area (Å²) >= 11 is 1.51. The zero-order chi connectivity index (χ0) is 10.7. The van der Waals surface area contributed by atoms with Gasteiger partial charge >= 0.3 is 5.97 Å². The van der Waals surface area contributed by atoms with Crippen molar-refractivity contribution in [1.82, 2.24) is 0 Å². The van der Waals surface area contributed by atoms with Crippen molar-refractivity contribution in [3.05, 3.63) is 22.4 Å². The minimum atomic E-state index is -0.819. The predicted molar refractivity (Wildman–Crippen MR) is 57.2 cm³/mol. The molecule has 1 aromatic heterocycles. The SMILES string of the molecule is CC(C)C(C(=O)O)C(N)c1cccs1. The normalized spacial score (nSPS) is 15.4. The van der Waals surface area contributed by atoms with Crippen LogP contribution in [0.5, 0.6) is 0 Å². The van der Waals surface area contributed by atoms with Crippen molar-refractivity contribution in [2.75, 3.05) is 0 Å². The lowest BCUT2D eigenvalue weighted by Gasteiger charge is -2.22. The molecule has 0 radical (unpaired) electrons. The number of thiophene rings is 1. The fourth-order valence-electron chi connectivity index (χ4n) is 1.51. The predicted octanol–water partition coefficient (Wildman–Crippen LogP) is 2.10. The largest absolute Gasteiger partial charge is 0.481 e. The van der Waals surface area contributed by atoms with Crippen LogP contribution in [0.15, 0.2) is 17.5 Å². The molecule has 0 bridgehead atoms. The Morgan fingerprint density at radius 3 is 2.57 bits per heavy atom. The Hall–Kier alpha value is -0.870. The highest BCUT2D eigenvalue weighted by Crippen LogP contribution is 2.28. The molecule has 0 aliphatic rings. The molecule has 1 rings (SSSR count). The molecule has 3 nitrogen and oxygen atoms in total. The summed E-state index contributed by atoms with van der Waals surface area (Å²) in [6.07, 6.45) is 0. The Labute approximate surface area is 87.6 Å². The van der Waals surface area contributed by atoms with Crippen molar-refractivity contribution < 1.29 is 9.90 Å². The zero-order valence-electron chi connectivity index (χ0n) is 8.31. The standard InChI is InChI=1S/C10H15NO2S/c1-6(2)8(10(12)13)9(11)7-4-3-5-14-7/h3-6,8-9H,11H2,1-2H3,(H,12,13). The van der Waals surface area contributed by atoms with Crippen LogP contribution in [-0.4, -0.2) is 11.1 Å². The van der Waals surface area contributed by atoms with Gasteiger partial charge in [0.2, 0.25) is 0 Å². The monoisotopic (exact) mass is 213 g/mol. The summed E-state index contributed by atoms with van der Waals surface area (Å²) in [4.78, 5) is 11.9. The molecule has 0 aromatic carbocycles. The Balaban J connectivity index is 2.84. The second-order valence-corrected chi connectivity index (χ2v) is 4.63. The second kappa shape index (κ2) is 4.57. The molecule has 0 aliphatic carbocycles. The molecule has 2 unspecified atom stereocenters. The van der Waals surface area contributed by atoms with E-state index in [2.05, 4.69) is 0 Å². The van der Waals surface area contributed by atoms with Gasteiger partial charge in [0, 0.05) is 4.88 Å². The van der Waals surface area contributed by atoms with E-state index in [4.69, 9.17) is 10.8 Å². The molecule has 1 aromatic rings. The topological polar surface area (TPSA) is 63.3 Å². The summed E-state index contributed by atoms with van der Waals surface area (Å²) in [7, 11) is 0. The summed E-state index contributed by atoms with van der Waals surface area (Å²) in [6, 6.07) is 3.37. The van der Waals surface area contributed by atoms with Crippen LogP contribution >= 0.6 is 11.3 Å². The molecule has 4 heteroatoms. The number of hydrogen-bond acceptors (Lipinski definition) is 3. The molecule has 78 valence electrons. The van der Waals surface area contributed by atoms with Crippen LogP contribution in [0.25, 0.3) is 0 Å². The number of carbonyl (C=O) groups is 1. The molecule has 14 heavy (non-hydrogen) atoms. The van der Waals surface area contributed by atoms with Gasteiger partial charge in [0.1, 0.15) is 0 Å². The van der Waals surface area contributed by atoms with Crippen LogP contribution in [-0.2, 0) is 4.79 Å². The first-order chi connectivity index (χ1) is 6.54. The van der Waals surface area contributed by atoms with E-state index in [1.807, 2.05) is 31.4 Å². The van der Waals surface area contributed by atoms with Crippen molar-refractivity contribution in [1.29, 1.82) is 0 Å². The molecule has 0 amide bonds. The van der Waals surface area contributed by atoms with Gasteiger partial charge in [-0.2, -0.15) is 0 Å². The summed E-state index contributed by atoms with van der Waals surface area (Å²) in [5.41, 5.74) is 5.92. The van der Waals surface area contributed by atoms with Gasteiger partial charge in [-0.05, 0) is 17.4 Å². The maximum atomic E-state index is 11.0. The molecular formula is C10H15NO2S. The number of carboxylic acid groups (broad SMARTS) is 1. The zero-order valence-corrected chi connectivity index (χ0v) is 9.12. The van der Waals surface area contributed by atoms with E-state index in [0.717, 1.165) is 4.88 Å². The van der Waals surface area contributed by atoms with E-state index in [9.17, 15) is 4.79 Å². The minimum Gasteiger partial charge on any atom is -0.481 e. The van der Waals surface area contributed by atoms with Crippen LogP contribution in [0.3, 0.4) is 0 Å². The van der Waals surface area contributed by atoms with E-state index in [1.165, 1.54) is 11.3 Å². The second-order valence-electron chi connectivity index (χ2n) is 3.65. The van der Waals surface area contributed by atoms with Crippen LogP contribution < -0.4 is 5.73 Å². The molecule has 0 saturated carbocycles. The van der Waals surface area contributed by atoms with Crippen molar-refractivity contribution in [3.8, 4) is 0 Å². The van der Waals surface area contributed by atoms with E-state index < -0.39 is 17.9 Å². The fraction of sp³-hybridized carbons (Fsp3) is 0.500. The highest BCUT2D eigenvalue weighted by atomic mass is 32.1. The highest BCUT2D eigenvalue weighted by Gasteiger charge is 2.29. The van der Waals surface area contributed by atoms with E-state index in [-0.39, 0.29) is 5.92 Å². The van der Waals surface area contributed by atoms with Gasteiger partial charge in [0.15, 0.2) is 0 Å². The van der Waals surface area contributed by atoms with Gasteiger partial charge in [0.05, 0.1) is 12.0 Å². The fourth-order valence-corrected chi connectivity index (χ4v) is 2.29. The van der Waals surface area contributed by atoms with Crippen LogP contribution in [0, 0.1) is 11.8 Å². The van der Waals surface area contributed by atoms with Crippen molar-refractivity contribution >= 4 is 17.3 Å². The van der Waals surface area contributed by atoms with Crippen molar-refractivity contribution in [2.45, 2.75) is 19.9 Å². The van der Waals surface area contributed by atoms with Crippen LogP contribution in [0.1, 0.15) is 24.8 Å². The van der Waals surface area contributed by atoms with Gasteiger partial charge < -0.3 is 10.8 Å². The minimum absolute atomic E-state index is 0.0459. The van der Waals surface area contributed by atoms with Crippen LogP contribution in [0.2, 0.25) is 0 Å². The summed E-state index contributed by atoms with van der Waals surface area (Å²) < 4.78 is 0. The average Bonchev–Trinajstić information content (AvgIpc) is 2.53. The lowest BCUT2D eigenvalue weighted by molar-refractivity contribution is -0.144. The number of nitrogens with two attached hydrogens (primary N) is 1. The lowest BCUT2D eigenvalue weighted by Crippen LogP contribution is -2.31. The van der Waals surface area contributed by atoms with Gasteiger partial charge in [-0.15, -0.1) is 11.3 Å². The lowest BCUT2D eigenvalue weighted by atomic mass is 9.88. The molecule has 3 N–H and O–H groups in total. The third kappa shape index (κ3) is 2.33. The average molecular weight is 213 g/mol. The molecule has 1 heterocycles. The third-order valence-corrected chi connectivity index (χ3v) is 3.24. The third-order valence-electron chi connectivity index (χ3n) is 2.26. The first-order valence-corrected chi connectivity index (χ1v) is 5.43. The molecule has 0 spiro atoms. The van der Waals surface area contributed by atoms with Gasteiger partial charge in [-0.1, -0.05) is 19.9 Å². The Kier molecular flexibility index (Phi) is 3.66. The Morgan fingerprint density at radius 1 is 1.57 bits per heavy atom. The Bertz CT molecular complexity index is 295. The Morgan fingerprint density at radius 2 is 2.21 bits per heavy atom.